The molecule has 1 aliphatic rings. The van der Waals surface area contributed by atoms with E-state index >= 15 is 0 Å². The molecule has 0 spiro atoms. The second-order valence-electron chi connectivity index (χ2n) is 7.08. The predicted molar refractivity (Wildman–Crippen MR) is 115 cm³/mol. The van der Waals surface area contributed by atoms with Crippen LogP contribution in [0.2, 0.25) is 5.02 Å². The van der Waals surface area contributed by atoms with Crippen LogP contribution in [0.5, 0.6) is 0 Å². The van der Waals surface area contributed by atoms with Gasteiger partial charge in [-0.15, -0.1) is 0 Å². The van der Waals surface area contributed by atoms with Gasteiger partial charge in [0.2, 0.25) is 5.91 Å². The lowest BCUT2D eigenvalue weighted by Crippen LogP contribution is -2.34. The molecule has 0 radical (unpaired) electrons. The number of aliphatic carboxylic acids is 1. The van der Waals surface area contributed by atoms with Gasteiger partial charge in [0.1, 0.15) is 0 Å². The van der Waals surface area contributed by atoms with Gasteiger partial charge in [0.25, 0.3) is 10.0 Å². The Labute approximate surface area is 179 Å². The molecule has 0 saturated heterocycles. The summed E-state index contributed by atoms with van der Waals surface area (Å²) in [4.78, 5) is 24.1. The minimum atomic E-state index is -3.91. The highest BCUT2D eigenvalue weighted by atomic mass is 35.5. The van der Waals surface area contributed by atoms with Crippen molar-refractivity contribution in [2.45, 2.75) is 24.7 Å². The fourth-order valence-corrected chi connectivity index (χ4v) is 4.76. The molecule has 2 aromatic rings. The SMILES string of the molecule is Cc1ccc(NC(=O)C2CC=CCC2C(=O)O)cc1S(=O)(=O)Nc1ccc(Cl)cc1. The molecule has 0 bridgehead atoms. The van der Waals surface area contributed by atoms with Gasteiger partial charge in [-0.25, -0.2) is 8.42 Å². The Hall–Kier alpha value is -2.84. The Kier molecular flexibility index (Phi) is 6.48. The van der Waals surface area contributed by atoms with Crippen molar-refractivity contribution in [2.75, 3.05) is 10.0 Å². The van der Waals surface area contributed by atoms with E-state index < -0.39 is 33.7 Å². The summed E-state index contributed by atoms with van der Waals surface area (Å²) in [5.74, 6) is -3.01. The molecule has 1 aliphatic carbocycles. The number of anilines is 2. The van der Waals surface area contributed by atoms with E-state index in [0.29, 0.717) is 22.7 Å². The fourth-order valence-electron chi connectivity index (χ4n) is 3.31. The van der Waals surface area contributed by atoms with Gasteiger partial charge in [-0.3, -0.25) is 14.3 Å². The van der Waals surface area contributed by atoms with Crippen molar-refractivity contribution in [3.63, 3.8) is 0 Å². The molecule has 158 valence electrons. The lowest BCUT2D eigenvalue weighted by molar-refractivity contribution is -0.146. The van der Waals surface area contributed by atoms with Gasteiger partial charge in [-0.2, -0.15) is 0 Å². The summed E-state index contributed by atoms with van der Waals surface area (Å²) >= 11 is 5.83. The zero-order valence-corrected chi connectivity index (χ0v) is 17.7. The number of nitrogens with one attached hydrogen (secondary N) is 2. The Bertz CT molecular complexity index is 1100. The van der Waals surface area contributed by atoms with Crippen molar-refractivity contribution in [1.29, 1.82) is 0 Å². The van der Waals surface area contributed by atoms with Gasteiger partial charge >= 0.3 is 5.97 Å². The molecule has 0 saturated carbocycles. The third-order valence-electron chi connectivity index (χ3n) is 4.93. The maximum atomic E-state index is 12.8. The highest BCUT2D eigenvalue weighted by Crippen LogP contribution is 2.28. The maximum absolute atomic E-state index is 12.8. The van der Waals surface area contributed by atoms with Crippen molar-refractivity contribution in [3.05, 3.63) is 65.2 Å². The number of carbonyl (C=O) groups excluding carboxylic acids is 1. The third-order valence-corrected chi connectivity index (χ3v) is 6.70. The monoisotopic (exact) mass is 448 g/mol. The van der Waals surface area contributed by atoms with E-state index in [4.69, 9.17) is 11.6 Å². The summed E-state index contributed by atoms with van der Waals surface area (Å²) in [6.07, 6.45) is 4.14. The Morgan fingerprint density at radius 1 is 1.00 bits per heavy atom. The van der Waals surface area contributed by atoms with Crippen LogP contribution >= 0.6 is 11.6 Å². The molecular weight excluding hydrogens is 428 g/mol. The number of carboxylic acid groups (broad SMARTS) is 1. The molecule has 3 rings (SSSR count). The average Bonchev–Trinajstić information content (AvgIpc) is 2.70. The number of benzene rings is 2. The highest BCUT2D eigenvalue weighted by Gasteiger charge is 2.34. The zero-order valence-electron chi connectivity index (χ0n) is 16.1. The molecule has 1 amide bonds. The van der Waals surface area contributed by atoms with Gasteiger partial charge in [0, 0.05) is 16.4 Å². The first-order valence-corrected chi connectivity index (χ1v) is 11.1. The zero-order chi connectivity index (χ0) is 21.9. The van der Waals surface area contributed by atoms with Crippen LogP contribution in [0.15, 0.2) is 59.5 Å². The predicted octanol–water partition coefficient (Wildman–Crippen LogP) is 4.05. The van der Waals surface area contributed by atoms with E-state index in [-0.39, 0.29) is 17.0 Å². The molecule has 3 N–H and O–H groups in total. The number of hydrogen-bond acceptors (Lipinski definition) is 4. The number of carboxylic acids is 1. The number of carbonyl (C=O) groups is 2. The summed E-state index contributed by atoms with van der Waals surface area (Å²) in [6, 6.07) is 10.8. The Morgan fingerprint density at radius 3 is 2.23 bits per heavy atom. The molecule has 7 nitrogen and oxygen atoms in total. The molecule has 9 heteroatoms. The van der Waals surface area contributed by atoms with E-state index in [1.54, 1.807) is 55.5 Å². The molecule has 0 fully saturated rings. The highest BCUT2D eigenvalue weighted by molar-refractivity contribution is 7.92. The van der Waals surface area contributed by atoms with E-state index in [1.165, 1.54) is 6.07 Å². The number of halogens is 1. The standard InChI is InChI=1S/C21H21ClN2O5S/c1-13-6-9-16(23-20(25)17-4-2-3-5-18(17)21(26)27)12-19(13)30(28,29)24-15-10-7-14(22)8-11-15/h2-3,6-12,17-18,24H,4-5H2,1H3,(H,23,25)(H,26,27). The van der Waals surface area contributed by atoms with Crippen molar-refractivity contribution in [3.8, 4) is 0 Å². The Balaban J connectivity index is 1.82. The summed E-state index contributed by atoms with van der Waals surface area (Å²) in [7, 11) is -3.91. The van der Waals surface area contributed by atoms with Gasteiger partial charge in [0.05, 0.1) is 16.7 Å². The van der Waals surface area contributed by atoms with E-state index in [9.17, 15) is 23.1 Å². The van der Waals surface area contributed by atoms with Crippen LogP contribution in [0.1, 0.15) is 18.4 Å². The van der Waals surface area contributed by atoms with Crippen LogP contribution < -0.4 is 10.0 Å². The van der Waals surface area contributed by atoms with Gasteiger partial charge < -0.3 is 10.4 Å². The third kappa shape index (κ3) is 5.01. The summed E-state index contributed by atoms with van der Waals surface area (Å²) in [5, 5.41) is 12.5. The van der Waals surface area contributed by atoms with Gasteiger partial charge in [-0.05, 0) is 61.7 Å². The quantitative estimate of drug-likeness (QED) is 0.577. The summed E-state index contributed by atoms with van der Waals surface area (Å²) < 4.78 is 28.2. The molecular formula is C21H21ClN2O5S. The number of aryl methyl sites for hydroxylation is 1. The van der Waals surface area contributed by atoms with Gasteiger partial charge in [-0.1, -0.05) is 29.8 Å². The topological polar surface area (TPSA) is 113 Å². The van der Waals surface area contributed by atoms with Crippen molar-refractivity contribution in [1.82, 2.24) is 0 Å². The maximum Gasteiger partial charge on any atom is 0.307 e. The van der Waals surface area contributed by atoms with Crippen LogP contribution in [-0.2, 0) is 19.6 Å². The van der Waals surface area contributed by atoms with E-state index in [1.807, 2.05) is 0 Å². The molecule has 0 aliphatic heterocycles. The summed E-state index contributed by atoms with van der Waals surface area (Å²) in [6.45, 7) is 1.65. The first-order chi connectivity index (χ1) is 14.2. The minimum Gasteiger partial charge on any atom is -0.481 e. The number of amides is 1. The van der Waals surface area contributed by atoms with Crippen molar-refractivity contribution < 1.29 is 23.1 Å². The van der Waals surface area contributed by atoms with Crippen molar-refractivity contribution >= 4 is 44.9 Å². The van der Waals surface area contributed by atoms with E-state index in [2.05, 4.69) is 10.0 Å². The lowest BCUT2D eigenvalue weighted by Gasteiger charge is -2.24. The summed E-state index contributed by atoms with van der Waals surface area (Å²) in [5.41, 5.74) is 1.13. The largest absolute Gasteiger partial charge is 0.481 e. The molecule has 0 heterocycles. The molecule has 2 aromatic carbocycles. The average molecular weight is 449 g/mol. The molecule has 0 aromatic heterocycles. The Morgan fingerprint density at radius 2 is 1.60 bits per heavy atom. The lowest BCUT2D eigenvalue weighted by atomic mass is 9.82. The number of rotatable bonds is 6. The molecule has 30 heavy (non-hydrogen) atoms. The minimum absolute atomic E-state index is 0.00794. The van der Waals surface area contributed by atoms with Crippen LogP contribution in [0.4, 0.5) is 11.4 Å². The molecule has 2 unspecified atom stereocenters. The second-order valence-corrected chi connectivity index (χ2v) is 9.16. The second kappa shape index (κ2) is 8.89. The van der Waals surface area contributed by atoms with Crippen molar-refractivity contribution in [2.24, 2.45) is 11.8 Å². The molecule has 2 atom stereocenters. The van der Waals surface area contributed by atoms with E-state index in [0.717, 1.165) is 0 Å². The first-order valence-electron chi connectivity index (χ1n) is 9.25. The van der Waals surface area contributed by atoms with Crippen LogP contribution in [-0.4, -0.2) is 25.4 Å². The normalized spacial score (nSPS) is 18.6. The first kappa shape index (κ1) is 21.9. The number of allylic oxidation sites excluding steroid dienone is 2. The fraction of sp³-hybridized carbons (Fsp3) is 0.238. The van der Waals surface area contributed by atoms with Crippen LogP contribution in [0, 0.1) is 18.8 Å². The van der Waals surface area contributed by atoms with Crippen LogP contribution in [0.25, 0.3) is 0 Å². The van der Waals surface area contributed by atoms with Gasteiger partial charge in [0.15, 0.2) is 0 Å². The number of hydrogen-bond donors (Lipinski definition) is 3. The van der Waals surface area contributed by atoms with Crippen LogP contribution in [0.3, 0.4) is 0 Å². The smallest absolute Gasteiger partial charge is 0.307 e. The number of sulfonamides is 1.